The van der Waals surface area contributed by atoms with E-state index in [4.69, 9.17) is 11.6 Å². The Morgan fingerprint density at radius 1 is 0.852 bits per heavy atom. The van der Waals surface area contributed by atoms with Crippen LogP contribution in [0.3, 0.4) is 0 Å². The summed E-state index contributed by atoms with van der Waals surface area (Å²) in [4.78, 5) is 0. The van der Waals surface area contributed by atoms with Crippen molar-refractivity contribution in [2.24, 2.45) is 0 Å². The monoisotopic (exact) mass is 389 g/mol. The van der Waals surface area contributed by atoms with Crippen molar-refractivity contribution in [3.63, 3.8) is 0 Å². The first-order chi connectivity index (χ1) is 13.3. The summed E-state index contributed by atoms with van der Waals surface area (Å²) in [5.74, 6) is 0.806. The Bertz CT molecular complexity index is 1060. The van der Waals surface area contributed by atoms with Gasteiger partial charge in [-0.1, -0.05) is 65.3 Å². The van der Waals surface area contributed by atoms with E-state index in [1.807, 2.05) is 42.2 Å². The highest BCUT2D eigenvalue weighted by molar-refractivity contribution is 7.99. The summed E-state index contributed by atoms with van der Waals surface area (Å²) >= 11 is 7.86. The standard InChI is InChI=1S/C22H16ClN3S/c23-15-9-11-17(12-10-15)26-13-16(24-25-26)14-27-22-20-7-3-1-5-18(20)19-6-2-4-8-21(19)22/h1-13,22H,14H2. The highest BCUT2D eigenvalue weighted by atomic mass is 35.5. The third-order valence-corrected chi connectivity index (χ3v) is 6.36. The number of hydrogen-bond acceptors (Lipinski definition) is 3. The van der Waals surface area contributed by atoms with Gasteiger partial charge in [-0.25, -0.2) is 4.68 Å². The molecule has 0 radical (unpaired) electrons. The van der Waals surface area contributed by atoms with Gasteiger partial charge in [0.2, 0.25) is 0 Å². The number of thioether (sulfide) groups is 1. The average molecular weight is 390 g/mol. The molecule has 3 aromatic carbocycles. The van der Waals surface area contributed by atoms with Crippen LogP contribution in [0, 0.1) is 0 Å². The minimum atomic E-state index is 0.332. The molecule has 132 valence electrons. The van der Waals surface area contributed by atoms with Gasteiger partial charge in [0.05, 0.1) is 22.8 Å². The lowest BCUT2D eigenvalue weighted by atomic mass is 10.1. The fraction of sp³-hybridized carbons (Fsp3) is 0.0909. The highest BCUT2D eigenvalue weighted by Crippen LogP contribution is 2.50. The molecular formula is C22H16ClN3S. The molecule has 0 N–H and O–H groups in total. The molecule has 1 aliphatic carbocycles. The molecule has 0 saturated carbocycles. The number of aromatic nitrogens is 3. The van der Waals surface area contributed by atoms with Crippen LogP contribution in [0.25, 0.3) is 16.8 Å². The Morgan fingerprint density at radius 3 is 2.15 bits per heavy atom. The van der Waals surface area contributed by atoms with Crippen LogP contribution in [-0.2, 0) is 5.75 Å². The first-order valence-electron chi connectivity index (χ1n) is 8.76. The Morgan fingerprint density at radius 2 is 1.48 bits per heavy atom. The molecule has 0 spiro atoms. The summed E-state index contributed by atoms with van der Waals surface area (Å²) in [5.41, 5.74) is 7.38. The molecule has 0 atom stereocenters. The van der Waals surface area contributed by atoms with Crippen LogP contribution in [0.15, 0.2) is 79.0 Å². The van der Waals surface area contributed by atoms with Crippen LogP contribution in [-0.4, -0.2) is 15.0 Å². The van der Waals surface area contributed by atoms with Crippen molar-refractivity contribution in [2.45, 2.75) is 11.0 Å². The van der Waals surface area contributed by atoms with Crippen LogP contribution in [0.2, 0.25) is 5.02 Å². The third kappa shape index (κ3) is 3.05. The maximum absolute atomic E-state index is 5.96. The molecule has 0 saturated heterocycles. The fourth-order valence-corrected chi connectivity index (χ4v) is 4.91. The molecule has 0 aliphatic heterocycles. The topological polar surface area (TPSA) is 30.7 Å². The van der Waals surface area contributed by atoms with Gasteiger partial charge in [0.25, 0.3) is 0 Å². The first-order valence-corrected chi connectivity index (χ1v) is 10.2. The van der Waals surface area contributed by atoms with Gasteiger partial charge in [-0.3, -0.25) is 0 Å². The summed E-state index contributed by atoms with van der Waals surface area (Å²) in [7, 11) is 0. The zero-order chi connectivity index (χ0) is 18.2. The normalized spacial score (nSPS) is 12.8. The maximum atomic E-state index is 5.96. The molecule has 0 bridgehead atoms. The van der Waals surface area contributed by atoms with Gasteiger partial charge in [-0.05, 0) is 46.5 Å². The number of benzene rings is 3. The Hall–Kier alpha value is -2.56. The van der Waals surface area contributed by atoms with Crippen molar-refractivity contribution in [2.75, 3.05) is 0 Å². The van der Waals surface area contributed by atoms with Crippen LogP contribution >= 0.6 is 23.4 Å². The number of halogens is 1. The molecule has 3 nitrogen and oxygen atoms in total. The molecule has 1 aliphatic rings. The van der Waals surface area contributed by atoms with Crippen LogP contribution in [0.1, 0.15) is 22.1 Å². The Labute approximate surface area is 167 Å². The van der Waals surface area contributed by atoms with E-state index in [9.17, 15) is 0 Å². The highest BCUT2D eigenvalue weighted by Gasteiger charge is 2.28. The van der Waals surface area contributed by atoms with E-state index in [0.717, 1.165) is 17.1 Å². The quantitative estimate of drug-likeness (QED) is 0.433. The van der Waals surface area contributed by atoms with Crippen molar-refractivity contribution in [3.05, 3.63) is 101 Å². The number of fused-ring (bicyclic) bond motifs is 3. The van der Waals surface area contributed by atoms with E-state index in [0.29, 0.717) is 10.3 Å². The lowest BCUT2D eigenvalue weighted by Gasteiger charge is -2.12. The molecule has 0 fully saturated rings. The molecule has 1 aromatic heterocycles. The molecule has 5 heteroatoms. The van der Waals surface area contributed by atoms with Crippen molar-refractivity contribution >= 4 is 23.4 Å². The lowest BCUT2D eigenvalue weighted by molar-refractivity contribution is 0.800. The molecule has 5 rings (SSSR count). The SMILES string of the molecule is Clc1ccc(-n2cc(CSC3c4ccccc4-c4ccccc43)nn2)cc1. The lowest BCUT2D eigenvalue weighted by Crippen LogP contribution is -1.94. The van der Waals surface area contributed by atoms with Crippen molar-refractivity contribution in [1.29, 1.82) is 0 Å². The summed E-state index contributed by atoms with van der Waals surface area (Å²) in [6.07, 6.45) is 1.99. The van der Waals surface area contributed by atoms with E-state index < -0.39 is 0 Å². The number of hydrogen-bond donors (Lipinski definition) is 0. The summed E-state index contributed by atoms with van der Waals surface area (Å²) in [5, 5.41) is 9.65. The van der Waals surface area contributed by atoms with Gasteiger partial charge < -0.3 is 0 Å². The fourth-order valence-electron chi connectivity index (χ4n) is 3.54. The third-order valence-electron chi connectivity index (χ3n) is 4.81. The molecule has 0 unspecified atom stereocenters. The number of rotatable bonds is 4. The van der Waals surface area contributed by atoms with E-state index in [2.05, 4.69) is 58.8 Å². The second-order valence-corrected chi connectivity index (χ2v) is 8.03. The molecule has 0 amide bonds. The molecule has 4 aromatic rings. The van der Waals surface area contributed by atoms with Crippen molar-refractivity contribution in [1.82, 2.24) is 15.0 Å². The van der Waals surface area contributed by atoms with Crippen LogP contribution in [0.4, 0.5) is 0 Å². The first kappa shape index (κ1) is 16.6. The zero-order valence-electron chi connectivity index (χ0n) is 14.4. The zero-order valence-corrected chi connectivity index (χ0v) is 16.0. The van der Waals surface area contributed by atoms with Gasteiger partial charge >= 0.3 is 0 Å². The predicted octanol–water partition coefficient (Wildman–Crippen LogP) is 5.92. The molecule has 1 heterocycles. The summed E-state index contributed by atoms with van der Waals surface area (Å²) in [6.45, 7) is 0. The second-order valence-electron chi connectivity index (χ2n) is 6.50. The Balaban J connectivity index is 1.39. The van der Waals surface area contributed by atoms with E-state index >= 15 is 0 Å². The van der Waals surface area contributed by atoms with Gasteiger partial charge in [0, 0.05) is 10.8 Å². The minimum Gasteiger partial charge on any atom is -0.220 e. The van der Waals surface area contributed by atoms with Crippen LogP contribution in [0.5, 0.6) is 0 Å². The van der Waals surface area contributed by atoms with Gasteiger partial charge in [-0.15, -0.1) is 16.9 Å². The van der Waals surface area contributed by atoms with E-state index in [-0.39, 0.29) is 0 Å². The molecule has 27 heavy (non-hydrogen) atoms. The largest absolute Gasteiger partial charge is 0.220 e. The smallest absolute Gasteiger partial charge is 0.0930 e. The van der Waals surface area contributed by atoms with Crippen LogP contribution < -0.4 is 0 Å². The minimum absolute atomic E-state index is 0.332. The molecular weight excluding hydrogens is 374 g/mol. The number of nitrogens with zero attached hydrogens (tertiary/aromatic N) is 3. The summed E-state index contributed by atoms with van der Waals surface area (Å²) in [6, 6.07) is 25.0. The second kappa shape index (κ2) is 6.87. The maximum Gasteiger partial charge on any atom is 0.0930 e. The van der Waals surface area contributed by atoms with E-state index in [1.54, 1.807) is 4.68 Å². The van der Waals surface area contributed by atoms with Gasteiger partial charge in [0.1, 0.15) is 0 Å². The predicted molar refractivity (Wildman–Crippen MR) is 111 cm³/mol. The summed E-state index contributed by atoms with van der Waals surface area (Å²) < 4.78 is 1.79. The van der Waals surface area contributed by atoms with Crippen molar-refractivity contribution in [3.8, 4) is 16.8 Å². The Kier molecular flexibility index (Phi) is 4.23. The average Bonchev–Trinajstić information content (AvgIpc) is 3.30. The van der Waals surface area contributed by atoms with Crippen molar-refractivity contribution < 1.29 is 0 Å². The van der Waals surface area contributed by atoms with E-state index in [1.165, 1.54) is 22.3 Å². The van der Waals surface area contributed by atoms with Gasteiger partial charge in [0.15, 0.2) is 0 Å². The van der Waals surface area contributed by atoms with Gasteiger partial charge in [-0.2, -0.15) is 0 Å².